The van der Waals surface area contributed by atoms with Crippen LogP contribution in [0.4, 0.5) is 5.82 Å². The van der Waals surface area contributed by atoms with Gasteiger partial charge in [0.25, 0.3) is 0 Å². The van der Waals surface area contributed by atoms with Gasteiger partial charge in [-0.25, -0.2) is 4.98 Å². The van der Waals surface area contributed by atoms with Gasteiger partial charge in [-0.05, 0) is 46.9 Å². The molecule has 150 valence electrons. The molecule has 0 atom stereocenters. The van der Waals surface area contributed by atoms with E-state index in [1.807, 2.05) is 18.3 Å². The van der Waals surface area contributed by atoms with Gasteiger partial charge in [-0.3, -0.25) is 4.90 Å². The molecule has 0 bridgehead atoms. The molecule has 1 aliphatic heterocycles. The lowest BCUT2D eigenvalue weighted by Crippen LogP contribution is -2.32. The van der Waals surface area contributed by atoms with Crippen molar-refractivity contribution in [1.82, 2.24) is 9.88 Å². The van der Waals surface area contributed by atoms with Crippen LogP contribution in [0.1, 0.15) is 18.4 Å². The van der Waals surface area contributed by atoms with E-state index >= 15 is 0 Å². The summed E-state index contributed by atoms with van der Waals surface area (Å²) in [6.07, 6.45) is 6.45. The van der Waals surface area contributed by atoms with Crippen LogP contribution in [0.3, 0.4) is 0 Å². The first-order valence-electron chi connectivity index (χ1n) is 10.4. The van der Waals surface area contributed by atoms with E-state index in [9.17, 15) is 0 Å². The zero-order valence-electron chi connectivity index (χ0n) is 17.3. The summed E-state index contributed by atoms with van der Waals surface area (Å²) in [4.78, 5) is 9.18. The highest BCUT2D eigenvalue weighted by atomic mass is 16.5. The summed E-state index contributed by atoms with van der Waals surface area (Å²) >= 11 is 0. The van der Waals surface area contributed by atoms with Crippen LogP contribution in [0.2, 0.25) is 0 Å². The molecule has 0 unspecified atom stereocenters. The van der Waals surface area contributed by atoms with E-state index in [0.29, 0.717) is 0 Å². The van der Waals surface area contributed by atoms with Crippen molar-refractivity contribution >= 4 is 22.2 Å². The molecule has 1 aromatic heterocycles. The molecule has 4 heteroatoms. The van der Waals surface area contributed by atoms with Crippen molar-refractivity contribution in [3.8, 4) is 5.75 Å². The quantitative estimate of drug-likeness (QED) is 0.579. The van der Waals surface area contributed by atoms with Gasteiger partial charge in [-0.1, -0.05) is 48.5 Å². The number of fused-ring (bicyclic) bond motifs is 1. The first-order valence-corrected chi connectivity index (χ1v) is 10.4. The Morgan fingerprint density at radius 1 is 1.07 bits per heavy atom. The summed E-state index contributed by atoms with van der Waals surface area (Å²) in [5.41, 5.74) is 2.87. The molecule has 0 fully saturated rings. The zero-order chi connectivity index (χ0) is 20.1. The normalized spacial score (nSPS) is 14.6. The predicted molar refractivity (Wildman–Crippen MR) is 122 cm³/mol. The Morgan fingerprint density at radius 3 is 2.76 bits per heavy atom. The maximum absolute atomic E-state index is 5.42. The Kier molecular flexibility index (Phi) is 6.11. The average molecular weight is 388 g/mol. The predicted octanol–water partition coefficient (Wildman–Crippen LogP) is 4.86. The monoisotopic (exact) mass is 387 g/mol. The van der Waals surface area contributed by atoms with Gasteiger partial charge >= 0.3 is 0 Å². The molecule has 4 rings (SSSR count). The number of pyridine rings is 1. The van der Waals surface area contributed by atoms with Crippen LogP contribution in [0.15, 0.2) is 66.9 Å². The standard InChI is InChI=1S/C25H29N3O/c1-27(25-24(29-2)12-6-15-26-25)16-7-17-28-18-13-21(14-19-28)23-11-5-9-20-8-3-4-10-22(20)23/h3-6,8-13,15H,7,14,16-19H2,1-2H3. The Morgan fingerprint density at radius 2 is 1.93 bits per heavy atom. The number of anilines is 1. The molecule has 4 nitrogen and oxygen atoms in total. The zero-order valence-corrected chi connectivity index (χ0v) is 17.3. The van der Waals surface area contributed by atoms with Gasteiger partial charge in [-0.15, -0.1) is 0 Å². The van der Waals surface area contributed by atoms with Crippen LogP contribution in [-0.4, -0.2) is 50.2 Å². The molecule has 3 aromatic rings. The SMILES string of the molecule is COc1cccnc1N(C)CCCN1CC=C(c2cccc3ccccc23)CC1. The molecule has 1 aliphatic rings. The molecule has 0 saturated carbocycles. The fourth-order valence-electron chi connectivity index (χ4n) is 4.13. The Balaban J connectivity index is 1.33. The number of benzene rings is 2. The van der Waals surface area contributed by atoms with Crippen molar-refractivity contribution in [3.05, 3.63) is 72.4 Å². The second-order valence-corrected chi connectivity index (χ2v) is 7.61. The van der Waals surface area contributed by atoms with Gasteiger partial charge in [0, 0.05) is 39.4 Å². The number of nitrogens with zero attached hydrogens (tertiary/aromatic N) is 3. The summed E-state index contributed by atoms with van der Waals surface area (Å²) < 4.78 is 5.42. The van der Waals surface area contributed by atoms with Gasteiger partial charge in [0.15, 0.2) is 11.6 Å². The van der Waals surface area contributed by atoms with Crippen LogP contribution in [0.5, 0.6) is 5.75 Å². The van der Waals surface area contributed by atoms with E-state index < -0.39 is 0 Å². The third-order valence-electron chi connectivity index (χ3n) is 5.73. The van der Waals surface area contributed by atoms with Gasteiger partial charge < -0.3 is 9.64 Å². The highest BCUT2D eigenvalue weighted by Gasteiger charge is 2.15. The van der Waals surface area contributed by atoms with Gasteiger partial charge in [0.2, 0.25) is 0 Å². The van der Waals surface area contributed by atoms with Crippen LogP contribution < -0.4 is 9.64 Å². The van der Waals surface area contributed by atoms with E-state index in [0.717, 1.165) is 50.6 Å². The van der Waals surface area contributed by atoms with Crippen molar-refractivity contribution in [2.45, 2.75) is 12.8 Å². The molecule has 0 saturated heterocycles. The third-order valence-corrected chi connectivity index (χ3v) is 5.73. The smallest absolute Gasteiger partial charge is 0.171 e. The Labute approximate surface area is 173 Å². The van der Waals surface area contributed by atoms with E-state index in [4.69, 9.17) is 4.74 Å². The minimum absolute atomic E-state index is 0.829. The lowest BCUT2D eigenvalue weighted by Gasteiger charge is -2.28. The van der Waals surface area contributed by atoms with Crippen LogP contribution >= 0.6 is 0 Å². The largest absolute Gasteiger partial charge is 0.493 e. The molecule has 2 aromatic carbocycles. The highest BCUT2D eigenvalue weighted by Crippen LogP contribution is 2.29. The summed E-state index contributed by atoms with van der Waals surface area (Å²) in [6, 6.07) is 19.2. The maximum Gasteiger partial charge on any atom is 0.171 e. The molecule has 0 radical (unpaired) electrons. The molecular formula is C25H29N3O. The summed E-state index contributed by atoms with van der Waals surface area (Å²) in [5, 5.41) is 2.68. The fraction of sp³-hybridized carbons (Fsp3) is 0.320. The number of hydrogen-bond acceptors (Lipinski definition) is 4. The van der Waals surface area contributed by atoms with Crippen molar-refractivity contribution in [2.24, 2.45) is 0 Å². The Bertz CT molecular complexity index is 993. The maximum atomic E-state index is 5.42. The van der Waals surface area contributed by atoms with E-state index in [1.54, 1.807) is 7.11 Å². The molecule has 29 heavy (non-hydrogen) atoms. The first-order chi connectivity index (χ1) is 14.3. The van der Waals surface area contributed by atoms with Crippen molar-refractivity contribution in [2.75, 3.05) is 45.2 Å². The van der Waals surface area contributed by atoms with E-state index in [2.05, 4.69) is 70.4 Å². The van der Waals surface area contributed by atoms with Crippen molar-refractivity contribution < 1.29 is 4.74 Å². The Hall–Kier alpha value is -2.85. The highest BCUT2D eigenvalue weighted by molar-refractivity contribution is 5.94. The molecule has 2 heterocycles. The van der Waals surface area contributed by atoms with Crippen molar-refractivity contribution in [3.63, 3.8) is 0 Å². The molecule has 0 amide bonds. The molecule has 0 aliphatic carbocycles. The topological polar surface area (TPSA) is 28.6 Å². The van der Waals surface area contributed by atoms with E-state index in [1.165, 1.54) is 21.9 Å². The van der Waals surface area contributed by atoms with Crippen LogP contribution in [0.25, 0.3) is 16.3 Å². The number of aromatic nitrogens is 1. The lowest BCUT2D eigenvalue weighted by molar-refractivity contribution is 0.299. The minimum Gasteiger partial charge on any atom is -0.493 e. The molecule has 0 N–H and O–H groups in total. The first kappa shape index (κ1) is 19.5. The molecule has 0 spiro atoms. The summed E-state index contributed by atoms with van der Waals surface area (Å²) in [7, 11) is 3.78. The van der Waals surface area contributed by atoms with Gasteiger partial charge in [-0.2, -0.15) is 0 Å². The number of rotatable bonds is 7. The number of ether oxygens (including phenoxy) is 1. The third kappa shape index (κ3) is 4.43. The summed E-state index contributed by atoms with van der Waals surface area (Å²) in [6.45, 7) is 4.20. The van der Waals surface area contributed by atoms with Crippen molar-refractivity contribution in [1.29, 1.82) is 0 Å². The lowest BCUT2D eigenvalue weighted by atomic mass is 9.94. The second kappa shape index (κ2) is 9.10. The van der Waals surface area contributed by atoms with Crippen LogP contribution in [-0.2, 0) is 0 Å². The van der Waals surface area contributed by atoms with E-state index in [-0.39, 0.29) is 0 Å². The molecular weight excluding hydrogens is 358 g/mol. The average Bonchev–Trinajstić information content (AvgIpc) is 2.79. The summed E-state index contributed by atoms with van der Waals surface area (Å²) in [5.74, 6) is 1.74. The van der Waals surface area contributed by atoms with Crippen LogP contribution in [0, 0.1) is 0 Å². The minimum atomic E-state index is 0.829. The van der Waals surface area contributed by atoms with Gasteiger partial charge in [0.05, 0.1) is 7.11 Å². The second-order valence-electron chi connectivity index (χ2n) is 7.61. The fourth-order valence-corrected chi connectivity index (χ4v) is 4.13. The number of methoxy groups -OCH3 is 1. The number of hydrogen-bond donors (Lipinski definition) is 0. The van der Waals surface area contributed by atoms with Gasteiger partial charge in [0.1, 0.15) is 0 Å².